The monoisotopic (exact) mass is 484 g/mol. The number of phenols is 1. The molecule has 0 saturated heterocycles. The summed E-state index contributed by atoms with van der Waals surface area (Å²) >= 11 is 12.7. The Balaban J connectivity index is 1.61. The highest BCUT2D eigenvalue weighted by molar-refractivity contribution is 6.37. The molecule has 0 fully saturated rings. The minimum absolute atomic E-state index is 0.126. The molecule has 0 amide bonds. The van der Waals surface area contributed by atoms with E-state index in [1.54, 1.807) is 12.1 Å². The van der Waals surface area contributed by atoms with Crippen molar-refractivity contribution in [1.29, 1.82) is 0 Å². The van der Waals surface area contributed by atoms with Crippen molar-refractivity contribution in [2.75, 3.05) is 11.9 Å². The van der Waals surface area contributed by atoms with Crippen LogP contribution in [0.5, 0.6) is 17.2 Å². The van der Waals surface area contributed by atoms with Gasteiger partial charge in [0.25, 0.3) is 5.56 Å². The third kappa shape index (κ3) is 5.02. The number of rotatable bonds is 6. The van der Waals surface area contributed by atoms with Crippen molar-refractivity contribution in [2.24, 2.45) is 0 Å². The molecule has 1 aromatic heterocycles. The number of H-pyrrole nitrogens is 1. The molecule has 0 aliphatic heterocycles. The molecule has 1 heterocycles. The highest BCUT2D eigenvalue weighted by atomic mass is 35.5. The smallest absolute Gasteiger partial charge is 0.349 e. The summed E-state index contributed by atoms with van der Waals surface area (Å²) in [6.07, 6.45) is 0.970. The van der Waals surface area contributed by atoms with Gasteiger partial charge < -0.3 is 14.7 Å². The average molecular weight is 485 g/mol. The number of phenolic OH excluding ortho intramolecular Hbond substituents is 1. The highest BCUT2D eigenvalue weighted by Crippen LogP contribution is 2.39. The zero-order chi connectivity index (χ0) is 23.5. The van der Waals surface area contributed by atoms with Crippen molar-refractivity contribution >= 4 is 28.9 Å². The Morgan fingerprint density at radius 3 is 2.42 bits per heavy atom. The van der Waals surface area contributed by atoms with Gasteiger partial charge in [-0.1, -0.05) is 41.4 Å². The van der Waals surface area contributed by atoms with Crippen LogP contribution in [-0.2, 0) is 6.54 Å². The van der Waals surface area contributed by atoms with E-state index in [0.717, 1.165) is 16.6 Å². The fourth-order valence-electron chi connectivity index (χ4n) is 3.20. The van der Waals surface area contributed by atoms with Crippen LogP contribution in [0.2, 0.25) is 10.0 Å². The first-order valence-corrected chi connectivity index (χ1v) is 10.5. The Bertz CT molecular complexity index is 1400. The topological polar surface area (TPSA) is 100 Å². The van der Waals surface area contributed by atoms with Gasteiger partial charge in [0.2, 0.25) is 0 Å². The largest absolute Gasteiger partial charge is 0.508 e. The summed E-state index contributed by atoms with van der Waals surface area (Å²) in [5, 5.41) is 14.4. The average Bonchev–Trinajstić information content (AvgIpc) is 2.78. The quantitative estimate of drug-likeness (QED) is 0.421. The maximum Gasteiger partial charge on any atom is 0.349 e. The van der Waals surface area contributed by atoms with Crippen molar-refractivity contribution in [3.05, 3.63) is 103 Å². The first kappa shape index (κ1) is 22.4. The number of aromatic nitrogens is 3. The van der Waals surface area contributed by atoms with Gasteiger partial charge in [0.15, 0.2) is 5.75 Å². The lowest BCUT2D eigenvalue weighted by atomic mass is 10.1. The van der Waals surface area contributed by atoms with E-state index in [9.17, 15) is 14.7 Å². The molecular formula is C23H18Cl2N4O4. The Hall–Kier alpha value is -3.75. The summed E-state index contributed by atoms with van der Waals surface area (Å²) < 4.78 is 6.86. The van der Waals surface area contributed by atoms with Crippen LogP contribution in [-0.4, -0.2) is 26.9 Å². The minimum Gasteiger partial charge on any atom is -0.508 e. The Kier molecular flexibility index (Phi) is 6.39. The normalized spacial score (nSPS) is 10.8. The summed E-state index contributed by atoms with van der Waals surface area (Å²) in [5.41, 5.74) is 0.556. The van der Waals surface area contributed by atoms with Crippen LogP contribution in [0.3, 0.4) is 0 Å². The molecular weight excluding hydrogens is 467 g/mol. The summed E-state index contributed by atoms with van der Waals surface area (Å²) in [6, 6.07) is 17.5. The maximum atomic E-state index is 12.0. The van der Waals surface area contributed by atoms with Crippen molar-refractivity contribution in [3.63, 3.8) is 0 Å². The maximum absolute atomic E-state index is 12.0. The van der Waals surface area contributed by atoms with Crippen LogP contribution in [0, 0.1) is 0 Å². The lowest BCUT2D eigenvalue weighted by molar-refractivity contribution is 0.457. The molecule has 33 heavy (non-hydrogen) atoms. The van der Waals surface area contributed by atoms with Crippen LogP contribution in [0.15, 0.2) is 76.4 Å². The standard InChI is InChI=1S/C23H18Cl2N4O4/c1-28(15-5-3-2-4-6-15)13-14-9-17(7-8-20(14)30)33-22-18(24)10-16(11-19(22)25)29-23(32)27-21(31)12-26-29/h2-12,30H,13H2,1H3,(H,27,31,32). The number of nitrogens with one attached hydrogen (secondary N) is 1. The lowest BCUT2D eigenvalue weighted by Gasteiger charge is -2.20. The zero-order valence-corrected chi connectivity index (χ0v) is 18.8. The number of aromatic hydroxyl groups is 1. The summed E-state index contributed by atoms with van der Waals surface area (Å²) in [4.78, 5) is 27.3. The molecule has 0 atom stereocenters. The van der Waals surface area contributed by atoms with Crippen LogP contribution >= 0.6 is 23.2 Å². The Labute approximate surface area is 198 Å². The Morgan fingerprint density at radius 1 is 1.06 bits per heavy atom. The predicted molar refractivity (Wildman–Crippen MR) is 127 cm³/mol. The van der Waals surface area contributed by atoms with Gasteiger partial charge in [0, 0.05) is 24.8 Å². The fourth-order valence-corrected chi connectivity index (χ4v) is 3.76. The summed E-state index contributed by atoms with van der Waals surface area (Å²) in [6.45, 7) is 0.439. The van der Waals surface area contributed by atoms with Crippen LogP contribution in [0.1, 0.15) is 5.56 Å². The summed E-state index contributed by atoms with van der Waals surface area (Å²) in [5.74, 6) is 0.717. The van der Waals surface area contributed by atoms with E-state index in [0.29, 0.717) is 17.9 Å². The fraction of sp³-hybridized carbons (Fsp3) is 0.0870. The number of nitrogens with zero attached hydrogens (tertiary/aromatic N) is 3. The SMILES string of the molecule is CN(Cc1cc(Oc2c(Cl)cc(-n3ncc(=O)[nH]c3=O)cc2Cl)ccc1O)c1ccccc1. The van der Waals surface area contributed by atoms with Crippen LogP contribution in [0.25, 0.3) is 5.69 Å². The van der Waals surface area contributed by atoms with Gasteiger partial charge in [-0.15, -0.1) is 0 Å². The third-order valence-corrected chi connectivity index (χ3v) is 5.38. The van der Waals surface area contributed by atoms with Gasteiger partial charge in [-0.25, -0.2) is 4.79 Å². The predicted octanol–water partition coefficient (Wildman–Crippen LogP) is 4.36. The first-order chi connectivity index (χ1) is 15.8. The number of ether oxygens (including phenoxy) is 1. The zero-order valence-electron chi connectivity index (χ0n) is 17.3. The molecule has 0 unspecified atom stereocenters. The van der Waals surface area contributed by atoms with Crippen molar-refractivity contribution in [1.82, 2.24) is 14.8 Å². The number of benzene rings is 3. The number of hydrogen-bond acceptors (Lipinski definition) is 6. The molecule has 0 saturated carbocycles. The molecule has 0 aliphatic carbocycles. The van der Waals surface area contributed by atoms with Crippen LogP contribution < -0.4 is 20.9 Å². The molecule has 0 aliphatic rings. The number of hydrogen-bond donors (Lipinski definition) is 2. The lowest BCUT2D eigenvalue weighted by Crippen LogP contribution is -2.30. The molecule has 0 bridgehead atoms. The van der Waals surface area contributed by atoms with E-state index in [1.807, 2.05) is 42.3 Å². The van der Waals surface area contributed by atoms with Gasteiger partial charge in [0.05, 0.1) is 15.7 Å². The van der Waals surface area contributed by atoms with Crippen molar-refractivity contribution in [2.45, 2.75) is 6.54 Å². The van der Waals surface area contributed by atoms with Crippen LogP contribution in [0.4, 0.5) is 5.69 Å². The van der Waals surface area contributed by atoms with E-state index in [4.69, 9.17) is 27.9 Å². The molecule has 4 rings (SSSR count). The molecule has 3 aromatic carbocycles. The van der Waals surface area contributed by atoms with E-state index in [-0.39, 0.29) is 27.2 Å². The van der Waals surface area contributed by atoms with E-state index < -0.39 is 11.2 Å². The molecule has 8 nitrogen and oxygen atoms in total. The molecule has 0 radical (unpaired) electrons. The van der Waals surface area contributed by atoms with Gasteiger partial charge in [-0.05, 0) is 42.5 Å². The second-order valence-electron chi connectivity index (χ2n) is 7.17. The minimum atomic E-state index is -0.728. The van der Waals surface area contributed by atoms with E-state index >= 15 is 0 Å². The first-order valence-electron chi connectivity index (χ1n) is 9.76. The molecule has 10 heteroatoms. The number of halogens is 2. The van der Waals surface area contributed by atoms with E-state index in [1.165, 1.54) is 18.2 Å². The number of aromatic amines is 1. The molecule has 0 spiro atoms. The highest BCUT2D eigenvalue weighted by Gasteiger charge is 2.15. The van der Waals surface area contributed by atoms with Gasteiger partial charge >= 0.3 is 5.69 Å². The van der Waals surface area contributed by atoms with Crippen molar-refractivity contribution in [3.8, 4) is 22.9 Å². The van der Waals surface area contributed by atoms with Gasteiger partial charge in [0.1, 0.15) is 17.7 Å². The third-order valence-electron chi connectivity index (χ3n) is 4.82. The second-order valence-corrected chi connectivity index (χ2v) is 7.99. The number of anilines is 1. The number of para-hydroxylation sites is 1. The molecule has 168 valence electrons. The molecule has 2 N–H and O–H groups in total. The van der Waals surface area contributed by atoms with E-state index in [2.05, 4.69) is 10.1 Å². The molecule has 4 aromatic rings. The Morgan fingerprint density at radius 2 is 1.76 bits per heavy atom. The second kappa shape index (κ2) is 9.40. The summed E-state index contributed by atoms with van der Waals surface area (Å²) in [7, 11) is 1.92. The van der Waals surface area contributed by atoms with Crippen molar-refractivity contribution < 1.29 is 9.84 Å². The van der Waals surface area contributed by atoms with Gasteiger partial charge in [-0.3, -0.25) is 9.78 Å². The van der Waals surface area contributed by atoms with Gasteiger partial charge in [-0.2, -0.15) is 9.78 Å².